The fourth-order valence-electron chi connectivity index (χ4n) is 10.3. The Morgan fingerprint density at radius 3 is 1.98 bits per heavy atom. The predicted octanol–water partition coefficient (Wildman–Crippen LogP) is -2.65. The summed E-state index contributed by atoms with van der Waals surface area (Å²) in [4.78, 5) is 123. The topological polar surface area (TPSA) is 454 Å². The highest BCUT2D eigenvalue weighted by Gasteiger charge is 2.49. The lowest BCUT2D eigenvalue weighted by Crippen LogP contribution is -2.64. The van der Waals surface area contributed by atoms with E-state index in [0.717, 1.165) is 57.6 Å². The van der Waals surface area contributed by atoms with Crippen LogP contribution in [0.15, 0.2) is 18.2 Å². The van der Waals surface area contributed by atoms with E-state index in [1.807, 2.05) is 10.6 Å². The highest BCUT2D eigenvalue weighted by atomic mass is 16.6. The molecule has 8 amide bonds. The molecule has 3 saturated heterocycles. The molecule has 0 aromatic heterocycles. The first-order valence-electron chi connectivity index (χ1n) is 27.5. The summed E-state index contributed by atoms with van der Waals surface area (Å²) in [5.41, 5.74) is 3.82. The van der Waals surface area contributed by atoms with Crippen molar-refractivity contribution in [3.8, 4) is 5.75 Å². The Labute approximate surface area is 463 Å². The third-order valence-corrected chi connectivity index (χ3v) is 15.1. The molecule has 0 saturated carbocycles. The number of aromatic hydroxyl groups is 1. The van der Waals surface area contributed by atoms with Crippen LogP contribution in [0.3, 0.4) is 0 Å². The summed E-state index contributed by atoms with van der Waals surface area (Å²) in [5, 5.41) is 122. The molecule has 2 unspecified atom stereocenters. The number of aliphatic hydroxyl groups excluding tert-OH is 8. The van der Waals surface area contributed by atoms with E-state index in [9.17, 15) is 94.4 Å². The van der Waals surface area contributed by atoms with Gasteiger partial charge in [0, 0.05) is 38.4 Å². The number of nitrogens with one attached hydrogen (secondary N) is 5. The standard InChI is InChI=1S/C52H83N9O19/c1-5-26(2)20-27(3)14-12-10-8-6-7-9-11-13-15-39(69)54-31-23-37(67)48(74)58-50(76)43-35(65)18-19-59(43)52(78)41(36(66)24-38(53)68)56-49(75)42(45(71)44(70)29-16-17-34(64)32(21-29)61(79)80)57-47(73)33-22-30(63)25-60(33)51(77)40(28(4)62)55-46(31)72/h16-17,21,26-28,30-31,33,35-37,40-45,48,62-67,70-71,74H,5-15,18-20,22-25H2,1-4H3,(H2,53,68)(H,54,69)(H,55,72)(H,56,75)(H,57,73)(H,58,76)/t26?,27?,28-,30-,31+,33+,35+,36-,37-,40+,41+,42+,43+,44+,45+,48-/m1/s1. The van der Waals surface area contributed by atoms with Crippen LogP contribution in [-0.2, 0) is 38.4 Å². The third kappa shape index (κ3) is 18.7. The molecule has 28 nitrogen and oxygen atoms in total. The summed E-state index contributed by atoms with van der Waals surface area (Å²) < 4.78 is 0. The van der Waals surface area contributed by atoms with Crippen molar-refractivity contribution in [2.75, 3.05) is 13.1 Å². The van der Waals surface area contributed by atoms with Crippen molar-refractivity contribution < 1.29 is 89.2 Å². The molecule has 28 heteroatoms. The molecule has 3 fully saturated rings. The van der Waals surface area contributed by atoms with Gasteiger partial charge in [-0.25, -0.2) is 0 Å². The normalized spacial score (nSPS) is 27.9. The van der Waals surface area contributed by atoms with Crippen LogP contribution >= 0.6 is 0 Å². The number of primary amides is 1. The Kier molecular flexibility index (Phi) is 25.9. The van der Waals surface area contributed by atoms with Gasteiger partial charge in [0.2, 0.25) is 47.3 Å². The smallest absolute Gasteiger partial charge is 0.311 e. The van der Waals surface area contributed by atoms with Gasteiger partial charge in [0.25, 0.3) is 0 Å². The van der Waals surface area contributed by atoms with Crippen molar-refractivity contribution in [1.82, 2.24) is 36.4 Å². The predicted molar refractivity (Wildman–Crippen MR) is 281 cm³/mol. The van der Waals surface area contributed by atoms with Crippen molar-refractivity contribution in [3.05, 3.63) is 33.9 Å². The van der Waals surface area contributed by atoms with Crippen LogP contribution in [-0.4, -0.2) is 200 Å². The Morgan fingerprint density at radius 2 is 1.36 bits per heavy atom. The van der Waals surface area contributed by atoms with Gasteiger partial charge in [0.1, 0.15) is 54.6 Å². The molecule has 1 aromatic carbocycles. The summed E-state index contributed by atoms with van der Waals surface area (Å²) in [6, 6.07) is -10.2. The van der Waals surface area contributed by atoms with Gasteiger partial charge in [-0.05, 0) is 49.7 Å². The van der Waals surface area contributed by atoms with Crippen LogP contribution in [0.2, 0.25) is 0 Å². The number of unbranched alkanes of at least 4 members (excludes halogenated alkanes) is 7. The average molecular weight is 1140 g/mol. The molecule has 3 heterocycles. The van der Waals surface area contributed by atoms with E-state index < -0.39 is 187 Å². The first-order chi connectivity index (χ1) is 37.7. The number of aliphatic hydroxyl groups is 8. The number of phenols is 1. The van der Waals surface area contributed by atoms with E-state index in [0.29, 0.717) is 40.5 Å². The maximum absolute atomic E-state index is 14.4. The first kappa shape index (κ1) is 66.4. The van der Waals surface area contributed by atoms with Gasteiger partial charge < -0.3 is 88.1 Å². The number of amides is 8. The van der Waals surface area contributed by atoms with Crippen molar-refractivity contribution in [2.45, 2.75) is 216 Å². The lowest BCUT2D eigenvalue weighted by molar-refractivity contribution is -0.386. The zero-order valence-electron chi connectivity index (χ0n) is 45.7. The average Bonchev–Trinajstić information content (AvgIpc) is 4.01. The Morgan fingerprint density at radius 1 is 0.762 bits per heavy atom. The number of carbonyl (C=O) groups excluding carboxylic acids is 8. The summed E-state index contributed by atoms with van der Waals surface area (Å²) in [6.07, 6.45) is -8.97. The second kappa shape index (κ2) is 31.2. The highest BCUT2D eigenvalue weighted by molar-refractivity contribution is 5.98. The minimum Gasteiger partial charge on any atom is -0.502 e. The molecule has 4 rings (SSSR count). The number of benzene rings is 1. The third-order valence-electron chi connectivity index (χ3n) is 15.1. The summed E-state index contributed by atoms with van der Waals surface area (Å²) in [7, 11) is 0. The van der Waals surface area contributed by atoms with Gasteiger partial charge in [-0.2, -0.15) is 0 Å². The van der Waals surface area contributed by atoms with Crippen molar-refractivity contribution in [2.24, 2.45) is 17.6 Å². The minimum atomic E-state index is -2.60. The maximum Gasteiger partial charge on any atom is 0.311 e. The number of hydrogen-bond acceptors (Lipinski definition) is 19. The lowest BCUT2D eigenvalue weighted by atomic mass is 9.91. The van der Waals surface area contributed by atoms with Crippen molar-refractivity contribution in [1.29, 1.82) is 0 Å². The SMILES string of the molecule is CCC(C)CC(C)CCCCCCCCCCC(=O)N[C@H]1C[C@@H](O)[C@@H](O)NC(=O)[C@@H]2[C@@H](O)CCN2C(=O)[C@H]([C@H](O)CC(N)=O)NC(=O)[C@H]([C@H](O)[C@@H](O)c2ccc(O)c([N+](=O)[O-])c2)NC(=O)[C@@H]2C[C@@H](O)CN2C(=O)[C@H]([C@@H](C)O)NC1=O. The van der Waals surface area contributed by atoms with Crippen LogP contribution in [0.5, 0.6) is 5.75 Å². The summed E-state index contributed by atoms with van der Waals surface area (Å²) in [6.45, 7) is 6.67. The Balaban J connectivity index is 1.68. The van der Waals surface area contributed by atoms with E-state index in [-0.39, 0.29) is 12.8 Å². The molecule has 16 N–H and O–H groups in total. The van der Waals surface area contributed by atoms with Crippen LogP contribution in [0.4, 0.5) is 5.69 Å². The lowest BCUT2D eigenvalue weighted by Gasteiger charge is -2.34. The van der Waals surface area contributed by atoms with Crippen LogP contribution in [0, 0.1) is 22.0 Å². The molecule has 0 aliphatic carbocycles. The van der Waals surface area contributed by atoms with E-state index in [1.54, 1.807) is 0 Å². The number of nitro groups is 1. The van der Waals surface area contributed by atoms with Crippen molar-refractivity contribution in [3.63, 3.8) is 0 Å². The number of nitrogens with two attached hydrogens (primary N) is 1. The molecule has 0 radical (unpaired) electrons. The molecule has 1 aromatic rings. The van der Waals surface area contributed by atoms with E-state index in [1.165, 1.54) is 19.3 Å². The Hall–Kier alpha value is -6.14. The largest absolute Gasteiger partial charge is 0.502 e. The monoisotopic (exact) mass is 1140 g/mol. The number of nitro benzene ring substituents is 1. The van der Waals surface area contributed by atoms with Crippen molar-refractivity contribution >= 4 is 52.9 Å². The van der Waals surface area contributed by atoms with E-state index in [2.05, 4.69) is 36.7 Å². The number of hydrogen-bond donors (Lipinski definition) is 15. The quantitative estimate of drug-likeness (QED) is 0.0302. The molecule has 80 heavy (non-hydrogen) atoms. The van der Waals surface area contributed by atoms with Crippen LogP contribution < -0.4 is 32.3 Å². The van der Waals surface area contributed by atoms with E-state index in [4.69, 9.17) is 5.73 Å². The summed E-state index contributed by atoms with van der Waals surface area (Å²) >= 11 is 0. The fourth-order valence-corrected chi connectivity index (χ4v) is 10.3. The number of phenolic OH excluding ortho intramolecular Hbond substituents is 1. The zero-order valence-corrected chi connectivity index (χ0v) is 45.7. The number of rotatable bonds is 23. The molecule has 3 aliphatic rings. The fraction of sp³-hybridized carbons (Fsp3) is 0.731. The highest BCUT2D eigenvalue weighted by Crippen LogP contribution is 2.32. The molecule has 450 valence electrons. The maximum atomic E-state index is 14.4. The van der Waals surface area contributed by atoms with Gasteiger partial charge in [0.05, 0.1) is 35.8 Å². The molecular weight excluding hydrogens is 1050 g/mol. The van der Waals surface area contributed by atoms with Gasteiger partial charge in [-0.3, -0.25) is 48.5 Å². The van der Waals surface area contributed by atoms with Gasteiger partial charge >= 0.3 is 5.69 Å². The van der Waals surface area contributed by atoms with E-state index >= 15 is 0 Å². The second-order valence-electron chi connectivity index (χ2n) is 21.7. The first-order valence-corrected chi connectivity index (χ1v) is 27.5. The van der Waals surface area contributed by atoms with Crippen LogP contribution in [0.1, 0.15) is 142 Å². The molecule has 0 bridgehead atoms. The van der Waals surface area contributed by atoms with Gasteiger partial charge in [-0.1, -0.05) is 84.6 Å². The van der Waals surface area contributed by atoms with Gasteiger partial charge in [-0.15, -0.1) is 0 Å². The molecule has 16 atom stereocenters. The summed E-state index contributed by atoms with van der Waals surface area (Å²) in [5.74, 6) is -9.66. The van der Waals surface area contributed by atoms with Crippen LogP contribution in [0.25, 0.3) is 0 Å². The van der Waals surface area contributed by atoms with Gasteiger partial charge in [0.15, 0.2) is 12.0 Å². The zero-order chi connectivity index (χ0) is 59.7. The molecule has 3 aliphatic heterocycles. The number of nitrogens with zero attached hydrogens (tertiary/aromatic N) is 3. The molecule has 0 spiro atoms. The molecular formula is C52H83N9O19. The number of fused-ring (bicyclic) bond motifs is 2. The minimum absolute atomic E-state index is 0.105. The Bertz CT molecular complexity index is 2310. The second-order valence-corrected chi connectivity index (χ2v) is 21.7. The number of carbonyl (C=O) groups is 8.